The molecule has 0 bridgehead atoms. The van der Waals surface area contributed by atoms with E-state index in [1.54, 1.807) is 0 Å². The number of hydrogen-bond donors (Lipinski definition) is 0. The summed E-state index contributed by atoms with van der Waals surface area (Å²) in [5.41, 5.74) is 5.41. The van der Waals surface area contributed by atoms with E-state index < -0.39 is 0 Å². The van der Waals surface area contributed by atoms with Gasteiger partial charge in [-0.1, -0.05) is 29.8 Å². The Morgan fingerprint density at radius 1 is 1.07 bits per heavy atom. The maximum Gasteiger partial charge on any atom is 0.161 e. The summed E-state index contributed by atoms with van der Waals surface area (Å²) in [7, 11) is 2.04. The second kappa shape index (κ2) is 9.07. The Labute approximate surface area is 167 Å². The third-order valence-electron chi connectivity index (χ3n) is 5.02. The van der Waals surface area contributed by atoms with Crippen molar-refractivity contribution in [2.75, 3.05) is 26.7 Å². The molecule has 0 unspecified atom stereocenters. The van der Waals surface area contributed by atoms with E-state index in [1.165, 1.54) is 16.7 Å². The van der Waals surface area contributed by atoms with Gasteiger partial charge in [0.05, 0.1) is 6.61 Å². The second-order valence-electron chi connectivity index (χ2n) is 7.44. The van der Waals surface area contributed by atoms with Crippen molar-refractivity contribution in [3.8, 4) is 11.5 Å². The number of benzene rings is 2. The summed E-state index contributed by atoms with van der Waals surface area (Å²) in [5.74, 6) is 1.65. The third kappa shape index (κ3) is 5.02. The summed E-state index contributed by atoms with van der Waals surface area (Å²) in [5, 5.41) is 0. The third-order valence-corrected chi connectivity index (χ3v) is 5.02. The van der Waals surface area contributed by atoms with E-state index in [1.807, 2.05) is 38.2 Å². The number of ether oxygens (including phenoxy) is 2. The van der Waals surface area contributed by atoms with Crippen molar-refractivity contribution in [3.05, 3.63) is 64.2 Å². The van der Waals surface area contributed by atoms with Crippen LogP contribution in [0.4, 0.5) is 0 Å². The molecule has 1 saturated heterocycles. The molecule has 4 nitrogen and oxygen atoms in total. The van der Waals surface area contributed by atoms with Gasteiger partial charge in [-0.05, 0) is 62.7 Å². The lowest BCUT2D eigenvalue weighted by atomic mass is 10.0. The van der Waals surface area contributed by atoms with E-state index in [0.717, 1.165) is 23.4 Å². The maximum absolute atomic E-state index is 12.2. The molecule has 0 spiro atoms. The van der Waals surface area contributed by atoms with Crippen molar-refractivity contribution in [1.82, 2.24) is 4.90 Å². The Hall–Kier alpha value is -2.59. The minimum Gasteiger partial charge on any atom is -0.490 e. The van der Waals surface area contributed by atoms with E-state index in [9.17, 15) is 4.79 Å². The van der Waals surface area contributed by atoms with Gasteiger partial charge in [0.1, 0.15) is 6.61 Å². The summed E-state index contributed by atoms with van der Waals surface area (Å²) >= 11 is 0. The molecule has 0 atom stereocenters. The predicted octanol–water partition coefficient (Wildman–Crippen LogP) is 4.57. The molecule has 0 aromatic heterocycles. The van der Waals surface area contributed by atoms with Crippen LogP contribution in [0.1, 0.15) is 35.6 Å². The average Bonchev–Trinajstić information content (AvgIpc) is 2.67. The Kier molecular flexibility index (Phi) is 6.53. The molecule has 28 heavy (non-hydrogen) atoms. The van der Waals surface area contributed by atoms with Gasteiger partial charge in [-0.3, -0.25) is 4.79 Å². The smallest absolute Gasteiger partial charge is 0.161 e. The van der Waals surface area contributed by atoms with Crippen molar-refractivity contribution in [3.63, 3.8) is 0 Å². The standard InChI is InChI=1S/C24H29NO3/c1-5-27-24-14-19(13-20-15-25(4)11-10-22(20)26)8-9-23(24)28-16-21-12-17(2)6-7-18(21)3/h6-9,12-14H,5,10-11,15-16H2,1-4H3/b20-13+. The van der Waals surface area contributed by atoms with Crippen LogP contribution >= 0.6 is 0 Å². The van der Waals surface area contributed by atoms with Gasteiger partial charge in [-0.25, -0.2) is 0 Å². The van der Waals surface area contributed by atoms with Gasteiger partial charge in [0, 0.05) is 25.1 Å². The first-order valence-corrected chi connectivity index (χ1v) is 9.84. The van der Waals surface area contributed by atoms with Crippen molar-refractivity contribution < 1.29 is 14.3 Å². The average molecular weight is 380 g/mol. The van der Waals surface area contributed by atoms with Crippen LogP contribution < -0.4 is 9.47 Å². The lowest BCUT2D eigenvalue weighted by Gasteiger charge is -2.23. The fourth-order valence-electron chi connectivity index (χ4n) is 3.35. The van der Waals surface area contributed by atoms with E-state index in [4.69, 9.17) is 9.47 Å². The Morgan fingerprint density at radius 3 is 2.68 bits per heavy atom. The highest BCUT2D eigenvalue weighted by atomic mass is 16.5. The zero-order chi connectivity index (χ0) is 20.1. The lowest BCUT2D eigenvalue weighted by Crippen LogP contribution is -2.32. The highest BCUT2D eigenvalue weighted by Crippen LogP contribution is 2.31. The number of carbonyl (C=O) groups is 1. The van der Waals surface area contributed by atoms with Gasteiger partial charge in [0.25, 0.3) is 0 Å². The molecule has 0 aliphatic carbocycles. The van der Waals surface area contributed by atoms with Gasteiger partial charge in [-0.2, -0.15) is 0 Å². The number of likely N-dealkylation sites (N-methyl/N-ethyl adjacent to an activating group) is 1. The number of Topliss-reactive ketones (excluding diaryl/α,β-unsaturated/α-hetero) is 1. The molecule has 1 heterocycles. The van der Waals surface area contributed by atoms with Crippen molar-refractivity contribution in [1.29, 1.82) is 0 Å². The summed E-state index contributed by atoms with van der Waals surface area (Å²) < 4.78 is 11.9. The van der Waals surface area contributed by atoms with Gasteiger partial charge in [0.15, 0.2) is 17.3 Å². The Morgan fingerprint density at radius 2 is 1.89 bits per heavy atom. The first-order valence-electron chi connectivity index (χ1n) is 9.84. The summed E-state index contributed by atoms with van der Waals surface area (Å²) in [6.45, 7) is 8.70. The van der Waals surface area contributed by atoms with Crippen LogP contribution in [0.25, 0.3) is 6.08 Å². The Bertz CT molecular complexity index is 885. The fraction of sp³-hybridized carbons (Fsp3) is 0.375. The summed E-state index contributed by atoms with van der Waals surface area (Å²) in [6.07, 6.45) is 2.55. The first kappa shape index (κ1) is 20.2. The highest BCUT2D eigenvalue weighted by molar-refractivity contribution is 6.00. The quantitative estimate of drug-likeness (QED) is 0.689. The molecule has 0 N–H and O–H groups in total. The predicted molar refractivity (Wildman–Crippen MR) is 113 cm³/mol. The molecule has 0 saturated carbocycles. The number of piperidine rings is 1. The number of nitrogens with zero attached hydrogens (tertiary/aromatic N) is 1. The van der Waals surface area contributed by atoms with Crippen LogP contribution in [0.3, 0.4) is 0 Å². The van der Waals surface area contributed by atoms with Crippen LogP contribution in [-0.2, 0) is 11.4 Å². The molecule has 1 fully saturated rings. The highest BCUT2D eigenvalue weighted by Gasteiger charge is 2.18. The van der Waals surface area contributed by atoms with E-state index >= 15 is 0 Å². The number of hydrogen-bond acceptors (Lipinski definition) is 4. The van der Waals surface area contributed by atoms with Gasteiger partial charge < -0.3 is 14.4 Å². The zero-order valence-corrected chi connectivity index (χ0v) is 17.2. The maximum atomic E-state index is 12.2. The lowest BCUT2D eigenvalue weighted by molar-refractivity contribution is -0.117. The van der Waals surface area contributed by atoms with Crippen LogP contribution in [0.15, 0.2) is 42.0 Å². The molecular weight excluding hydrogens is 350 g/mol. The van der Waals surface area contributed by atoms with Gasteiger partial charge in [0.2, 0.25) is 0 Å². The molecule has 2 aromatic carbocycles. The minimum atomic E-state index is 0.228. The number of rotatable bonds is 6. The van der Waals surface area contributed by atoms with Crippen LogP contribution in [0.2, 0.25) is 0 Å². The molecule has 1 aliphatic rings. The number of carbonyl (C=O) groups excluding carboxylic acids is 1. The van der Waals surface area contributed by atoms with Crippen molar-refractivity contribution >= 4 is 11.9 Å². The summed E-state index contributed by atoms with van der Waals surface area (Å²) in [4.78, 5) is 14.4. The SMILES string of the molecule is CCOc1cc(/C=C2\CN(C)CCC2=O)ccc1OCc1cc(C)ccc1C. The van der Waals surface area contributed by atoms with Crippen LogP contribution in [-0.4, -0.2) is 37.4 Å². The second-order valence-corrected chi connectivity index (χ2v) is 7.44. The fourth-order valence-corrected chi connectivity index (χ4v) is 3.35. The zero-order valence-electron chi connectivity index (χ0n) is 17.2. The Balaban J connectivity index is 1.81. The monoisotopic (exact) mass is 379 g/mol. The topological polar surface area (TPSA) is 38.8 Å². The molecule has 3 rings (SSSR count). The number of likely N-dealkylation sites (tertiary alicyclic amines) is 1. The largest absolute Gasteiger partial charge is 0.490 e. The van der Waals surface area contributed by atoms with Gasteiger partial charge in [-0.15, -0.1) is 0 Å². The number of aryl methyl sites for hydroxylation is 2. The number of ketones is 1. The minimum absolute atomic E-state index is 0.228. The van der Waals surface area contributed by atoms with Crippen molar-refractivity contribution in [2.24, 2.45) is 0 Å². The summed E-state index contributed by atoms with van der Waals surface area (Å²) in [6, 6.07) is 12.2. The van der Waals surface area contributed by atoms with Crippen LogP contribution in [0.5, 0.6) is 11.5 Å². The van der Waals surface area contributed by atoms with Crippen LogP contribution in [0, 0.1) is 13.8 Å². The molecule has 4 heteroatoms. The van der Waals surface area contributed by atoms with E-state index in [2.05, 4.69) is 36.9 Å². The van der Waals surface area contributed by atoms with E-state index in [0.29, 0.717) is 31.9 Å². The van der Waals surface area contributed by atoms with E-state index in [-0.39, 0.29) is 5.78 Å². The molecule has 2 aromatic rings. The molecular formula is C24H29NO3. The van der Waals surface area contributed by atoms with Crippen molar-refractivity contribution in [2.45, 2.75) is 33.8 Å². The van der Waals surface area contributed by atoms with Gasteiger partial charge >= 0.3 is 0 Å². The molecule has 0 radical (unpaired) electrons. The normalized spacial score (nSPS) is 16.4. The first-order chi connectivity index (χ1) is 13.5. The molecule has 148 valence electrons. The molecule has 1 aliphatic heterocycles. The molecule has 0 amide bonds.